The summed E-state index contributed by atoms with van der Waals surface area (Å²) in [5.74, 6) is 0. The first-order chi connectivity index (χ1) is 11.4. The second kappa shape index (κ2) is 9.10. The van der Waals surface area contributed by atoms with Crippen LogP contribution in [0.3, 0.4) is 0 Å². The van der Waals surface area contributed by atoms with E-state index in [2.05, 4.69) is 107 Å². The summed E-state index contributed by atoms with van der Waals surface area (Å²) < 4.78 is 0. The van der Waals surface area contributed by atoms with Crippen LogP contribution < -0.4 is 0 Å². The van der Waals surface area contributed by atoms with Gasteiger partial charge in [-0.1, -0.05) is 95.9 Å². The third-order valence-corrected chi connectivity index (χ3v) is 5.02. The molecule has 0 saturated carbocycles. The topological polar surface area (TPSA) is 0 Å². The molecule has 0 radical (unpaired) electrons. The third kappa shape index (κ3) is 8.38. The Bertz CT molecular complexity index is 566. The van der Waals surface area contributed by atoms with Gasteiger partial charge in [-0.25, -0.2) is 35.5 Å². The molecule has 2 rings (SSSR count). The third-order valence-electron chi connectivity index (χ3n) is 5.02. The zero-order valence-electron chi connectivity index (χ0n) is 20.1. The first-order valence-corrected chi connectivity index (χ1v) is 10.1. The van der Waals surface area contributed by atoms with Gasteiger partial charge >= 0.3 is 0 Å². The Morgan fingerprint density at radius 1 is 0.519 bits per heavy atom. The number of hydrogen-bond acceptors (Lipinski definition) is 0. The van der Waals surface area contributed by atoms with Crippen molar-refractivity contribution in [2.45, 2.75) is 95.9 Å². The summed E-state index contributed by atoms with van der Waals surface area (Å²) in [6.45, 7) is 27.0. The van der Waals surface area contributed by atoms with Crippen LogP contribution in [0.15, 0.2) is 34.4 Å². The smallest absolute Gasteiger partial charge is 0 e. The van der Waals surface area contributed by atoms with Crippen molar-refractivity contribution >= 4 is 0 Å². The molecular formula is C26H42Hf-2. The number of hydrogen-bond donors (Lipinski definition) is 0. The summed E-state index contributed by atoms with van der Waals surface area (Å²) in [5.41, 5.74) is 6.71. The summed E-state index contributed by atoms with van der Waals surface area (Å²) in [4.78, 5) is 0. The van der Waals surface area contributed by atoms with Crippen LogP contribution in [0.2, 0.25) is 0 Å². The van der Waals surface area contributed by atoms with Gasteiger partial charge in [-0.3, -0.25) is 0 Å². The maximum atomic E-state index is 3.55. The Morgan fingerprint density at radius 3 is 0.889 bits per heavy atom. The predicted molar refractivity (Wildman–Crippen MR) is 117 cm³/mol. The van der Waals surface area contributed by atoms with E-state index >= 15 is 0 Å². The van der Waals surface area contributed by atoms with E-state index in [4.69, 9.17) is 0 Å². The molecule has 0 amide bonds. The van der Waals surface area contributed by atoms with Gasteiger partial charge in [-0.05, 0) is 21.7 Å². The van der Waals surface area contributed by atoms with Crippen molar-refractivity contribution in [3.05, 3.63) is 46.6 Å². The molecule has 0 aromatic rings. The van der Waals surface area contributed by atoms with Gasteiger partial charge in [0, 0.05) is 25.8 Å². The Labute approximate surface area is 189 Å². The molecule has 0 fully saturated rings. The molecule has 0 spiro atoms. The molecule has 0 aliphatic heterocycles. The maximum absolute atomic E-state index is 3.55. The molecule has 0 nitrogen and oxygen atoms in total. The van der Waals surface area contributed by atoms with Gasteiger partial charge in [0.05, 0.1) is 0 Å². The SMILES string of the molecule is CC(C)(C)C1=[C-]C(C(C)(C)C)=CC1.CC(C)(C)C1=[C-]C(C(C)(C)C)=CC1.[Hf]. The zero-order valence-corrected chi connectivity index (χ0v) is 23.7. The fourth-order valence-corrected chi connectivity index (χ4v) is 2.91. The van der Waals surface area contributed by atoms with Gasteiger partial charge in [0.2, 0.25) is 0 Å². The van der Waals surface area contributed by atoms with Crippen molar-refractivity contribution < 1.29 is 25.8 Å². The maximum Gasteiger partial charge on any atom is 0 e. The molecule has 0 atom stereocenters. The normalized spacial score (nSPS) is 17.9. The zero-order chi connectivity index (χ0) is 20.6. The van der Waals surface area contributed by atoms with E-state index in [-0.39, 0.29) is 47.5 Å². The van der Waals surface area contributed by atoms with E-state index < -0.39 is 0 Å². The summed E-state index contributed by atoms with van der Waals surface area (Å²) >= 11 is 0. The minimum atomic E-state index is 0. The van der Waals surface area contributed by atoms with Crippen molar-refractivity contribution in [3.8, 4) is 0 Å². The summed E-state index contributed by atoms with van der Waals surface area (Å²) in [7, 11) is 0. The van der Waals surface area contributed by atoms with Gasteiger partial charge < -0.3 is 0 Å². The fourth-order valence-electron chi connectivity index (χ4n) is 2.91. The van der Waals surface area contributed by atoms with Crippen molar-refractivity contribution in [2.24, 2.45) is 21.7 Å². The second-order valence-electron chi connectivity index (χ2n) is 11.9. The van der Waals surface area contributed by atoms with Crippen molar-refractivity contribution in [3.63, 3.8) is 0 Å². The van der Waals surface area contributed by atoms with E-state index in [1.54, 1.807) is 0 Å². The molecule has 27 heavy (non-hydrogen) atoms. The van der Waals surface area contributed by atoms with Crippen molar-refractivity contribution in [2.75, 3.05) is 0 Å². The average molecular weight is 533 g/mol. The second-order valence-corrected chi connectivity index (χ2v) is 11.9. The standard InChI is InChI=1S/2C13H21.Hf/c2*1-12(2,3)10-7-8-11(9-10)13(4,5)6;/h2*7H,8H2,1-6H3;/q2*-1;. The molecule has 0 aromatic carbocycles. The first kappa shape index (κ1) is 26.8. The van der Waals surface area contributed by atoms with Gasteiger partial charge in [0.25, 0.3) is 0 Å². The predicted octanol–water partition coefficient (Wildman–Crippen LogP) is 8.27. The number of allylic oxidation sites excluding steroid dienone is 8. The summed E-state index contributed by atoms with van der Waals surface area (Å²) in [5, 5.41) is 0. The Hall–Kier alpha value is -0.170. The molecule has 152 valence electrons. The quantitative estimate of drug-likeness (QED) is 0.217. The van der Waals surface area contributed by atoms with E-state index in [1.165, 1.54) is 22.3 Å². The molecule has 2 aliphatic rings. The van der Waals surface area contributed by atoms with Crippen LogP contribution >= 0.6 is 0 Å². The van der Waals surface area contributed by atoms with E-state index in [1.807, 2.05) is 0 Å². The van der Waals surface area contributed by atoms with Crippen LogP contribution in [0.5, 0.6) is 0 Å². The van der Waals surface area contributed by atoms with Crippen molar-refractivity contribution in [1.82, 2.24) is 0 Å². The molecule has 1 heteroatoms. The molecule has 0 heterocycles. The molecule has 2 aliphatic carbocycles. The van der Waals surface area contributed by atoms with Crippen LogP contribution in [-0.4, -0.2) is 0 Å². The van der Waals surface area contributed by atoms with Gasteiger partial charge in [0.1, 0.15) is 0 Å². The fraction of sp³-hybridized carbons (Fsp3) is 0.692. The largest absolute Gasteiger partial charge is 0.248 e. The van der Waals surface area contributed by atoms with Crippen LogP contribution in [0, 0.1) is 33.8 Å². The molecule has 0 N–H and O–H groups in total. The van der Waals surface area contributed by atoms with Crippen LogP contribution in [0.25, 0.3) is 0 Å². The minimum absolute atomic E-state index is 0. The Kier molecular flexibility index (Phi) is 9.04. The molecule has 0 unspecified atom stereocenters. The summed E-state index contributed by atoms with van der Waals surface area (Å²) in [6.07, 6.45) is 13.9. The van der Waals surface area contributed by atoms with E-state index in [9.17, 15) is 0 Å². The Balaban J connectivity index is 0.000000483. The van der Waals surface area contributed by atoms with Crippen LogP contribution in [0.1, 0.15) is 95.9 Å². The molecule has 0 aromatic heterocycles. The monoisotopic (exact) mass is 534 g/mol. The van der Waals surface area contributed by atoms with Gasteiger partial charge in [-0.15, -0.1) is 0 Å². The van der Waals surface area contributed by atoms with E-state index in [0.29, 0.717) is 0 Å². The summed E-state index contributed by atoms with van der Waals surface area (Å²) in [6, 6.07) is 0. The van der Waals surface area contributed by atoms with Gasteiger partial charge in [0.15, 0.2) is 0 Å². The van der Waals surface area contributed by atoms with Crippen LogP contribution in [-0.2, 0) is 25.8 Å². The molecule has 0 bridgehead atoms. The average Bonchev–Trinajstić information content (AvgIpc) is 3.06. The van der Waals surface area contributed by atoms with E-state index in [0.717, 1.165) is 12.8 Å². The molecular weight excluding hydrogens is 491 g/mol. The first-order valence-electron chi connectivity index (χ1n) is 10.1. The Morgan fingerprint density at radius 2 is 0.778 bits per heavy atom. The van der Waals surface area contributed by atoms with Gasteiger partial charge in [-0.2, -0.15) is 11.1 Å². The van der Waals surface area contributed by atoms with Crippen LogP contribution in [0.4, 0.5) is 0 Å². The minimum Gasteiger partial charge on any atom is -0.248 e. The molecule has 0 saturated heterocycles. The van der Waals surface area contributed by atoms with Crippen molar-refractivity contribution in [1.29, 1.82) is 0 Å². The number of rotatable bonds is 0.